The van der Waals surface area contributed by atoms with Crippen LogP contribution in [0.5, 0.6) is 0 Å². The van der Waals surface area contributed by atoms with E-state index < -0.39 is 0 Å². The van der Waals surface area contributed by atoms with Crippen molar-refractivity contribution in [1.82, 2.24) is 19.6 Å². The zero-order valence-corrected chi connectivity index (χ0v) is 18.8. The highest BCUT2D eigenvalue weighted by Gasteiger charge is 2.25. The number of amides is 1. The third kappa shape index (κ3) is 3.16. The number of rotatable bonds is 3. The maximum Gasteiger partial charge on any atom is 0.259 e. The first kappa shape index (κ1) is 19.4. The molecule has 1 aliphatic rings. The van der Waals surface area contributed by atoms with Crippen LogP contribution < -0.4 is 5.32 Å². The first-order chi connectivity index (χ1) is 15.6. The second kappa shape index (κ2) is 7.39. The topological polar surface area (TPSA) is 72.2 Å². The zero-order chi connectivity index (χ0) is 21.8. The summed E-state index contributed by atoms with van der Waals surface area (Å²) in [6.07, 6.45) is 2.70. The molecule has 6 nitrogen and oxygen atoms in total. The molecule has 0 saturated heterocycles. The van der Waals surface area contributed by atoms with Gasteiger partial charge in [0, 0.05) is 27.0 Å². The molecule has 2 aromatic carbocycles. The SMILES string of the molecule is Cc1ccc(-c2csc3nc(NC(=O)c4c5c(nc6ccc(Cl)cc46)CCC5)nn23)cc1. The van der Waals surface area contributed by atoms with Gasteiger partial charge in [-0.3, -0.25) is 15.1 Å². The largest absolute Gasteiger partial charge is 0.289 e. The maximum atomic E-state index is 13.4. The summed E-state index contributed by atoms with van der Waals surface area (Å²) < 4.78 is 1.77. The van der Waals surface area contributed by atoms with Gasteiger partial charge in [-0.15, -0.1) is 16.4 Å². The Kier molecular flexibility index (Phi) is 4.48. The van der Waals surface area contributed by atoms with Crippen LogP contribution in [0, 0.1) is 6.92 Å². The summed E-state index contributed by atoms with van der Waals surface area (Å²) in [7, 11) is 0. The lowest BCUT2D eigenvalue weighted by Gasteiger charge is -2.12. The Balaban J connectivity index is 1.40. The number of aryl methyl sites for hydroxylation is 2. The molecule has 158 valence electrons. The molecule has 1 aliphatic carbocycles. The molecule has 0 radical (unpaired) electrons. The quantitative estimate of drug-likeness (QED) is 0.375. The molecule has 0 saturated carbocycles. The lowest BCUT2D eigenvalue weighted by atomic mass is 10.0. The minimum absolute atomic E-state index is 0.229. The van der Waals surface area contributed by atoms with Gasteiger partial charge in [-0.05, 0) is 49.9 Å². The molecule has 1 N–H and O–H groups in total. The molecule has 8 heteroatoms. The minimum Gasteiger partial charge on any atom is -0.289 e. The molecule has 0 unspecified atom stereocenters. The summed E-state index contributed by atoms with van der Waals surface area (Å²) in [5, 5.41) is 10.9. The molecule has 3 aromatic heterocycles. The molecule has 32 heavy (non-hydrogen) atoms. The number of nitrogens with zero attached hydrogens (tertiary/aromatic N) is 4. The van der Waals surface area contributed by atoms with Crippen LogP contribution in [0.25, 0.3) is 27.1 Å². The van der Waals surface area contributed by atoms with Gasteiger partial charge in [0.1, 0.15) is 0 Å². The Hall–Kier alpha value is -3.29. The number of nitrogens with one attached hydrogen (secondary N) is 1. The Morgan fingerprint density at radius 1 is 1.12 bits per heavy atom. The van der Waals surface area contributed by atoms with Crippen LogP contribution in [0.3, 0.4) is 0 Å². The van der Waals surface area contributed by atoms with E-state index in [0.717, 1.165) is 57.6 Å². The summed E-state index contributed by atoms with van der Waals surface area (Å²) in [5.41, 5.74) is 6.59. The number of fused-ring (bicyclic) bond motifs is 3. The van der Waals surface area contributed by atoms with E-state index >= 15 is 0 Å². The molecular formula is C24H18ClN5OS. The number of hydrogen-bond acceptors (Lipinski definition) is 5. The van der Waals surface area contributed by atoms with E-state index in [0.29, 0.717) is 10.6 Å². The lowest BCUT2D eigenvalue weighted by molar-refractivity contribution is 0.102. The van der Waals surface area contributed by atoms with Crippen molar-refractivity contribution in [2.24, 2.45) is 0 Å². The van der Waals surface area contributed by atoms with Crippen molar-refractivity contribution < 1.29 is 4.79 Å². The standard InChI is InChI=1S/C24H18ClN5OS/c1-13-5-7-14(8-6-13)20-12-32-24-28-23(29-30(20)24)27-22(31)21-16-3-2-4-18(16)26-19-10-9-15(25)11-17(19)21/h5-12H,2-4H2,1H3,(H,27,29,31). The van der Waals surface area contributed by atoms with Crippen LogP contribution >= 0.6 is 22.9 Å². The van der Waals surface area contributed by atoms with Crippen molar-refractivity contribution in [3.05, 3.63) is 75.3 Å². The van der Waals surface area contributed by atoms with Crippen LogP contribution in [0.4, 0.5) is 5.95 Å². The van der Waals surface area contributed by atoms with Crippen LogP contribution in [-0.4, -0.2) is 25.5 Å². The molecule has 3 heterocycles. The number of anilines is 1. The summed E-state index contributed by atoms with van der Waals surface area (Å²) in [6, 6.07) is 13.7. The predicted molar refractivity (Wildman–Crippen MR) is 128 cm³/mol. The normalized spacial score (nSPS) is 13.1. The number of halogens is 1. The van der Waals surface area contributed by atoms with E-state index in [1.165, 1.54) is 16.9 Å². The van der Waals surface area contributed by atoms with Gasteiger partial charge >= 0.3 is 0 Å². The van der Waals surface area contributed by atoms with Crippen molar-refractivity contribution in [3.8, 4) is 11.3 Å². The van der Waals surface area contributed by atoms with E-state index in [-0.39, 0.29) is 11.9 Å². The number of hydrogen-bond donors (Lipinski definition) is 1. The molecule has 5 aromatic rings. The van der Waals surface area contributed by atoms with Gasteiger partial charge in [0.2, 0.25) is 4.96 Å². The molecule has 0 fully saturated rings. The fourth-order valence-corrected chi connectivity index (χ4v) is 5.32. The van der Waals surface area contributed by atoms with Crippen molar-refractivity contribution in [2.75, 3.05) is 5.32 Å². The molecule has 0 bridgehead atoms. The van der Waals surface area contributed by atoms with E-state index in [9.17, 15) is 4.79 Å². The Labute approximate surface area is 192 Å². The number of pyridine rings is 1. The summed E-state index contributed by atoms with van der Waals surface area (Å²) in [5.74, 6) is 0.0573. The first-order valence-corrected chi connectivity index (χ1v) is 11.7. The van der Waals surface area contributed by atoms with Crippen LogP contribution in [0.15, 0.2) is 47.8 Å². The molecule has 0 atom stereocenters. The number of aromatic nitrogens is 4. The minimum atomic E-state index is -0.229. The van der Waals surface area contributed by atoms with Gasteiger partial charge in [-0.25, -0.2) is 4.52 Å². The van der Waals surface area contributed by atoms with Crippen molar-refractivity contribution in [3.63, 3.8) is 0 Å². The number of thiazole rings is 1. The van der Waals surface area contributed by atoms with Gasteiger partial charge < -0.3 is 0 Å². The fraction of sp³-hybridized carbons (Fsp3) is 0.167. The summed E-state index contributed by atoms with van der Waals surface area (Å²) in [6.45, 7) is 2.06. The maximum absolute atomic E-state index is 13.4. The van der Waals surface area contributed by atoms with Gasteiger partial charge in [0.15, 0.2) is 0 Å². The van der Waals surface area contributed by atoms with Crippen molar-refractivity contribution >= 4 is 50.7 Å². The second-order valence-electron chi connectivity index (χ2n) is 8.00. The van der Waals surface area contributed by atoms with Crippen LogP contribution in [0.2, 0.25) is 5.02 Å². The Bertz CT molecular complexity index is 1520. The summed E-state index contributed by atoms with van der Waals surface area (Å²) in [4.78, 5) is 23.4. The number of carbonyl (C=O) groups is 1. The van der Waals surface area contributed by atoms with Gasteiger partial charge in [0.25, 0.3) is 11.9 Å². The molecule has 1 amide bonds. The molecule has 0 spiro atoms. The predicted octanol–water partition coefficient (Wildman–Crippen LogP) is 5.71. The van der Waals surface area contributed by atoms with Crippen LogP contribution in [0.1, 0.15) is 33.6 Å². The van der Waals surface area contributed by atoms with E-state index in [2.05, 4.69) is 46.6 Å². The average Bonchev–Trinajstić information content (AvgIpc) is 3.48. The number of carbonyl (C=O) groups excluding carboxylic acids is 1. The van der Waals surface area contributed by atoms with Crippen LogP contribution in [-0.2, 0) is 12.8 Å². The Morgan fingerprint density at radius 3 is 2.81 bits per heavy atom. The molecule has 6 rings (SSSR count). The van der Waals surface area contributed by atoms with Crippen molar-refractivity contribution in [2.45, 2.75) is 26.2 Å². The van der Waals surface area contributed by atoms with Gasteiger partial charge in [-0.1, -0.05) is 41.4 Å². The first-order valence-electron chi connectivity index (χ1n) is 10.4. The smallest absolute Gasteiger partial charge is 0.259 e. The van der Waals surface area contributed by atoms with Gasteiger partial charge in [-0.2, -0.15) is 4.98 Å². The Morgan fingerprint density at radius 2 is 1.97 bits per heavy atom. The lowest BCUT2D eigenvalue weighted by Crippen LogP contribution is -2.16. The third-order valence-corrected chi connectivity index (χ3v) is 6.91. The zero-order valence-electron chi connectivity index (χ0n) is 17.2. The van der Waals surface area contributed by atoms with E-state index in [4.69, 9.17) is 16.6 Å². The highest BCUT2D eigenvalue weighted by Crippen LogP contribution is 2.32. The van der Waals surface area contributed by atoms with E-state index in [1.54, 1.807) is 10.6 Å². The van der Waals surface area contributed by atoms with Crippen molar-refractivity contribution in [1.29, 1.82) is 0 Å². The summed E-state index contributed by atoms with van der Waals surface area (Å²) >= 11 is 7.74. The number of benzene rings is 2. The fourth-order valence-electron chi connectivity index (χ4n) is 4.31. The monoisotopic (exact) mass is 459 g/mol. The highest BCUT2D eigenvalue weighted by atomic mass is 35.5. The second-order valence-corrected chi connectivity index (χ2v) is 9.27. The van der Waals surface area contributed by atoms with E-state index in [1.807, 2.05) is 17.5 Å². The average molecular weight is 460 g/mol. The third-order valence-electron chi connectivity index (χ3n) is 5.86. The highest BCUT2D eigenvalue weighted by molar-refractivity contribution is 7.15. The van der Waals surface area contributed by atoms with Gasteiger partial charge in [0.05, 0.1) is 16.8 Å². The molecule has 0 aliphatic heterocycles. The molecular weight excluding hydrogens is 442 g/mol.